The zero-order chi connectivity index (χ0) is 19.4. The van der Waals surface area contributed by atoms with E-state index in [0.717, 1.165) is 11.3 Å². The molecule has 1 aliphatic heterocycles. The first-order chi connectivity index (χ1) is 12.9. The summed E-state index contributed by atoms with van der Waals surface area (Å²) < 4.78 is 13.6. The molecule has 0 radical (unpaired) electrons. The lowest BCUT2D eigenvalue weighted by Gasteiger charge is -2.38. The van der Waals surface area contributed by atoms with E-state index in [4.69, 9.17) is 0 Å². The molecule has 142 valence electrons. The molecule has 0 aromatic heterocycles. The molecule has 0 saturated heterocycles. The molecule has 1 heterocycles. The van der Waals surface area contributed by atoms with Crippen LogP contribution in [0, 0.1) is 5.82 Å². The summed E-state index contributed by atoms with van der Waals surface area (Å²) in [4.78, 5) is 26.4. The van der Waals surface area contributed by atoms with Gasteiger partial charge in [0.1, 0.15) is 5.82 Å². The standard InChI is InChI=1S/C22H25FN2O2/c1-22(2)14-21(27)25(19-11-6-4-9-17(19)22)13-7-12-20(26)24-15-16-8-3-5-10-18(16)23/h3-6,8-11H,7,12-15H2,1-2H3,(H,24,26). The molecule has 4 nitrogen and oxygen atoms in total. The van der Waals surface area contributed by atoms with E-state index in [1.807, 2.05) is 18.2 Å². The maximum Gasteiger partial charge on any atom is 0.227 e. The molecule has 1 aliphatic rings. The minimum Gasteiger partial charge on any atom is -0.352 e. The van der Waals surface area contributed by atoms with Crippen molar-refractivity contribution >= 4 is 17.5 Å². The highest BCUT2D eigenvalue weighted by Gasteiger charge is 2.35. The third-order valence-electron chi connectivity index (χ3n) is 5.04. The maximum atomic E-state index is 13.6. The highest BCUT2D eigenvalue weighted by Crippen LogP contribution is 2.39. The van der Waals surface area contributed by atoms with Crippen molar-refractivity contribution in [2.24, 2.45) is 0 Å². The van der Waals surface area contributed by atoms with Gasteiger partial charge < -0.3 is 10.2 Å². The lowest BCUT2D eigenvalue weighted by molar-refractivity contribution is -0.122. The number of hydrogen-bond acceptors (Lipinski definition) is 2. The van der Waals surface area contributed by atoms with Crippen LogP contribution in [0.25, 0.3) is 0 Å². The number of para-hydroxylation sites is 1. The molecular weight excluding hydrogens is 343 g/mol. The van der Waals surface area contributed by atoms with Gasteiger partial charge in [-0.1, -0.05) is 50.2 Å². The summed E-state index contributed by atoms with van der Waals surface area (Å²) >= 11 is 0. The normalized spacial score (nSPS) is 15.4. The third kappa shape index (κ3) is 4.35. The van der Waals surface area contributed by atoms with Gasteiger partial charge in [-0.2, -0.15) is 0 Å². The van der Waals surface area contributed by atoms with Gasteiger partial charge in [0.15, 0.2) is 0 Å². The van der Waals surface area contributed by atoms with E-state index in [-0.39, 0.29) is 29.6 Å². The van der Waals surface area contributed by atoms with Gasteiger partial charge in [0.2, 0.25) is 11.8 Å². The zero-order valence-corrected chi connectivity index (χ0v) is 15.8. The van der Waals surface area contributed by atoms with E-state index in [9.17, 15) is 14.0 Å². The quantitative estimate of drug-likeness (QED) is 0.840. The van der Waals surface area contributed by atoms with E-state index in [1.54, 1.807) is 23.1 Å². The van der Waals surface area contributed by atoms with Crippen LogP contribution in [0.4, 0.5) is 10.1 Å². The number of hydrogen-bond donors (Lipinski definition) is 1. The molecule has 0 spiro atoms. The highest BCUT2D eigenvalue weighted by atomic mass is 19.1. The van der Waals surface area contributed by atoms with Gasteiger partial charge in [0.05, 0.1) is 0 Å². The van der Waals surface area contributed by atoms with Crippen molar-refractivity contribution in [3.63, 3.8) is 0 Å². The molecule has 5 heteroatoms. The Labute approximate surface area is 159 Å². The summed E-state index contributed by atoms with van der Waals surface area (Å²) in [5.41, 5.74) is 2.38. The van der Waals surface area contributed by atoms with E-state index in [0.29, 0.717) is 31.4 Å². The summed E-state index contributed by atoms with van der Waals surface area (Å²) in [6.07, 6.45) is 1.32. The van der Waals surface area contributed by atoms with Crippen LogP contribution in [0.5, 0.6) is 0 Å². The second kappa shape index (κ2) is 7.91. The third-order valence-corrected chi connectivity index (χ3v) is 5.04. The summed E-state index contributed by atoms with van der Waals surface area (Å²) in [6, 6.07) is 14.3. The van der Waals surface area contributed by atoms with Crippen LogP contribution in [0.3, 0.4) is 0 Å². The van der Waals surface area contributed by atoms with Crippen molar-refractivity contribution in [1.29, 1.82) is 0 Å². The second-order valence-corrected chi connectivity index (χ2v) is 7.59. The van der Waals surface area contributed by atoms with Crippen LogP contribution in [-0.2, 0) is 21.5 Å². The van der Waals surface area contributed by atoms with Crippen molar-refractivity contribution in [1.82, 2.24) is 5.32 Å². The van der Waals surface area contributed by atoms with E-state index in [2.05, 4.69) is 25.2 Å². The molecule has 2 aromatic carbocycles. The molecule has 27 heavy (non-hydrogen) atoms. The van der Waals surface area contributed by atoms with Gasteiger partial charge >= 0.3 is 0 Å². The Morgan fingerprint density at radius 3 is 2.63 bits per heavy atom. The number of halogens is 1. The number of nitrogens with zero attached hydrogens (tertiary/aromatic N) is 1. The first-order valence-electron chi connectivity index (χ1n) is 9.28. The number of rotatable bonds is 6. The molecule has 0 unspecified atom stereocenters. The molecule has 0 bridgehead atoms. The topological polar surface area (TPSA) is 49.4 Å². The average molecular weight is 368 g/mol. The fourth-order valence-corrected chi connectivity index (χ4v) is 3.55. The van der Waals surface area contributed by atoms with Gasteiger partial charge in [0.25, 0.3) is 0 Å². The fraction of sp³-hybridized carbons (Fsp3) is 0.364. The van der Waals surface area contributed by atoms with Gasteiger partial charge in [-0.15, -0.1) is 0 Å². The van der Waals surface area contributed by atoms with Crippen molar-refractivity contribution in [2.45, 2.75) is 45.1 Å². The summed E-state index contributed by atoms with van der Waals surface area (Å²) in [5.74, 6) is -0.377. The first-order valence-corrected chi connectivity index (χ1v) is 9.28. The molecule has 1 N–H and O–H groups in total. The van der Waals surface area contributed by atoms with Crippen LogP contribution in [0.2, 0.25) is 0 Å². The van der Waals surface area contributed by atoms with Crippen LogP contribution in [0.1, 0.15) is 44.2 Å². The summed E-state index contributed by atoms with van der Waals surface area (Å²) in [5, 5.41) is 2.74. The van der Waals surface area contributed by atoms with Gasteiger partial charge in [-0.05, 0) is 24.1 Å². The number of anilines is 1. The lowest BCUT2D eigenvalue weighted by Crippen LogP contribution is -2.42. The summed E-state index contributed by atoms with van der Waals surface area (Å²) in [6.45, 7) is 4.83. The Kier molecular flexibility index (Phi) is 5.59. The minimum atomic E-state index is -0.323. The SMILES string of the molecule is CC1(C)CC(=O)N(CCCC(=O)NCc2ccccc2F)c2ccccc21. The molecular formula is C22H25FN2O2. The van der Waals surface area contributed by atoms with Crippen molar-refractivity contribution < 1.29 is 14.0 Å². The molecule has 3 rings (SSSR count). The Hall–Kier alpha value is -2.69. The van der Waals surface area contributed by atoms with E-state index >= 15 is 0 Å². The zero-order valence-electron chi connectivity index (χ0n) is 15.8. The Morgan fingerprint density at radius 2 is 1.85 bits per heavy atom. The Bertz CT molecular complexity index is 848. The Morgan fingerprint density at radius 1 is 1.15 bits per heavy atom. The minimum absolute atomic E-state index is 0.0884. The number of fused-ring (bicyclic) bond motifs is 1. The van der Waals surface area contributed by atoms with Gasteiger partial charge in [-0.3, -0.25) is 9.59 Å². The maximum absolute atomic E-state index is 13.6. The van der Waals surface area contributed by atoms with E-state index < -0.39 is 0 Å². The second-order valence-electron chi connectivity index (χ2n) is 7.59. The number of carbonyl (C=O) groups is 2. The fourth-order valence-electron chi connectivity index (χ4n) is 3.55. The Balaban J connectivity index is 1.55. The average Bonchev–Trinajstić information content (AvgIpc) is 2.63. The monoisotopic (exact) mass is 368 g/mol. The van der Waals surface area contributed by atoms with Crippen molar-refractivity contribution in [3.05, 3.63) is 65.5 Å². The number of benzene rings is 2. The largest absolute Gasteiger partial charge is 0.352 e. The molecule has 0 aliphatic carbocycles. The van der Waals surface area contributed by atoms with Gasteiger partial charge in [0, 0.05) is 42.6 Å². The smallest absolute Gasteiger partial charge is 0.227 e. The van der Waals surface area contributed by atoms with Gasteiger partial charge in [-0.25, -0.2) is 4.39 Å². The van der Waals surface area contributed by atoms with Crippen LogP contribution >= 0.6 is 0 Å². The number of carbonyl (C=O) groups excluding carboxylic acids is 2. The van der Waals surface area contributed by atoms with Crippen LogP contribution in [0.15, 0.2) is 48.5 Å². The molecule has 2 aromatic rings. The molecule has 0 atom stereocenters. The highest BCUT2D eigenvalue weighted by molar-refractivity contribution is 5.97. The molecule has 0 fully saturated rings. The molecule has 0 saturated carbocycles. The van der Waals surface area contributed by atoms with Crippen LogP contribution < -0.4 is 10.2 Å². The van der Waals surface area contributed by atoms with Crippen molar-refractivity contribution in [3.8, 4) is 0 Å². The van der Waals surface area contributed by atoms with Crippen molar-refractivity contribution in [2.75, 3.05) is 11.4 Å². The first kappa shape index (κ1) is 19.1. The number of amides is 2. The summed E-state index contributed by atoms with van der Waals surface area (Å²) in [7, 11) is 0. The molecule has 2 amide bonds. The van der Waals surface area contributed by atoms with Crippen LogP contribution in [-0.4, -0.2) is 18.4 Å². The van der Waals surface area contributed by atoms with E-state index in [1.165, 1.54) is 6.07 Å². The number of nitrogens with one attached hydrogen (secondary N) is 1. The predicted octanol–water partition coefficient (Wildman–Crippen LogP) is 3.94. The lowest BCUT2D eigenvalue weighted by atomic mass is 9.77. The predicted molar refractivity (Wildman–Crippen MR) is 104 cm³/mol.